The smallest absolute Gasteiger partial charge is 0.341 e. The van der Waals surface area contributed by atoms with E-state index in [4.69, 9.17) is 43.1 Å². The Kier molecular flexibility index (Phi) is 6.91. The lowest BCUT2D eigenvalue weighted by Crippen LogP contribution is -2.12. The van der Waals surface area contributed by atoms with Gasteiger partial charge in [0.25, 0.3) is 0 Å². The molecule has 0 aliphatic heterocycles. The number of methoxy groups -OCH3 is 1. The van der Waals surface area contributed by atoms with Crippen LogP contribution in [0.5, 0.6) is 5.75 Å². The second-order valence-electron chi connectivity index (χ2n) is 3.94. The molecule has 1 aromatic rings. The Morgan fingerprint density at radius 1 is 1.30 bits per heavy atom. The van der Waals surface area contributed by atoms with Gasteiger partial charge in [-0.1, -0.05) is 30.1 Å². The Morgan fingerprint density at radius 3 is 2.60 bits per heavy atom. The summed E-state index contributed by atoms with van der Waals surface area (Å²) in [6, 6.07) is 1.41. The third-order valence-electron chi connectivity index (χ3n) is 2.38. The van der Waals surface area contributed by atoms with Crippen LogP contribution in [0.1, 0.15) is 23.7 Å². The molecule has 0 spiro atoms. The van der Waals surface area contributed by atoms with Crippen LogP contribution in [0, 0.1) is 0 Å². The number of nitrogen functional groups attached to an aromatic ring is 1. The summed E-state index contributed by atoms with van der Waals surface area (Å²) < 4.78 is 15.3. The summed E-state index contributed by atoms with van der Waals surface area (Å²) in [7, 11) is 1.54. The molecule has 0 aliphatic carbocycles. The molecule has 20 heavy (non-hydrogen) atoms. The lowest BCUT2D eigenvalue weighted by Gasteiger charge is -2.14. The van der Waals surface area contributed by atoms with Crippen LogP contribution in [0.25, 0.3) is 0 Å². The van der Waals surface area contributed by atoms with E-state index in [0.717, 1.165) is 0 Å². The highest BCUT2D eigenvalue weighted by Crippen LogP contribution is 2.39. The average Bonchev–Trinajstić information content (AvgIpc) is 2.39. The number of carbonyl (C=O) groups is 1. The maximum absolute atomic E-state index is 11.9. The summed E-state index contributed by atoms with van der Waals surface area (Å²) in [5, 5.41) is 0.280. The van der Waals surface area contributed by atoms with Gasteiger partial charge in [0.15, 0.2) is 5.75 Å². The average molecular weight is 322 g/mol. The summed E-state index contributed by atoms with van der Waals surface area (Å²) >= 11 is 12.2. The minimum atomic E-state index is -0.595. The normalized spacial score (nSPS) is 10.4. The van der Waals surface area contributed by atoms with Gasteiger partial charge in [-0.15, -0.1) is 0 Å². The van der Waals surface area contributed by atoms with Gasteiger partial charge in [0.05, 0.1) is 18.2 Å². The van der Waals surface area contributed by atoms with Crippen LogP contribution in [0.2, 0.25) is 10.0 Å². The highest BCUT2D eigenvalue weighted by molar-refractivity contribution is 6.40. The first-order valence-corrected chi connectivity index (χ1v) is 6.84. The molecule has 0 radical (unpaired) electrons. The third-order valence-corrected chi connectivity index (χ3v) is 3.02. The van der Waals surface area contributed by atoms with Crippen molar-refractivity contribution in [3.8, 4) is 5.75 Å². The fourth-order valence-electron chi connectivity index (χ4n) is 1.45. The molecule has 0 aliphatic rings. The van der Waals surface area contributed by atoms with Gasteiger partial charge in [0, 0.05) is 12.8 Å². The van der Waals surface area contributed by atoms with E-state index in [0.29, 0.717) is 13.0 Å². The van der Waals surface area contributed by atoms with Crippen molar-refractivity contribution in [1.82, 2.24) is 0 Å². The Labute approximate surface area is 127 Å². The minimum absolute atomic E-state index is 0.0483. The van der Waals surface area contributed by atoms with Crippen molar-refractivity contribution in [2.75, 3.05) is 32.7 Å². The van der Waals surface area contributed by atoms with Gasteiger partial charge in [-0.25, -0.2) is 4.79 Å². The monoisotopic (exact) mass is 321 g/mol. The number of rotatable bonds is 7. The van der Waals surface area contributed by atoms with Crippen LogP contribution >= 0.6 is 23.2 Å². The van der Waals surface area contributed by atoms with Gasteiger partial charge in [-0.3, -0.25) is 0 Å². The molecule has 5 nitrogen and oxygen atoms in total. The van der Waals surface area contributed by atoms with E-state index < -0.39 is 5.97 Å². The van der Waals surface area contributed by atoms with Crippen molar-refractivity contribution in [2.24, 2.45) is 0 Å². The van der Waals surface area contributed by atoms with Crippen molar-refractivity contribution >= 4 is 34.9 Å². The van der Waals surface area contributed by atoms with Gasteiger partial charge in [0.1, 0.15) is 17.2 Å². The number of benzene rings is 1. The van der Waals surface area contributed by atoms with E-state index in [-0.39, 0.29) is 40.3 Å². The molecule has 1 rings (SSSR count). The zero-order valence-corrected chi connectivity index (χ0v) is 12.9. The molecule has 0 saturated carbocycles. The molecule has 112 valence electrons. The SMILES string of the molecule is CCCOC(=O)c1c(N)cc(Cl)c(OCCOC)c1Cl. The topological polar surface area (TPSA) is 70.8 Å². The predicted molar refractivity (Wildman–Crippen MR) is 78.8 cm³/mol. The van der Waals surface area contributed by atoms with Crippen molar-refractivity contribution in [3.05, 3.63) is 21.7 Å². The van der Waals surface area contributed by atoms with Crippen LogP contribution in [0.4, 0.5) is 5.69 Å². The molecule has 0 heterocycles. The number of hydrogen-bond donors (Lipinski definition) is 1. The van der Waals surface area contributed by atoms with E-state index in [9.17, 15) is 4.79 Å². The van der Waals surface area contributed by atoms with E-state index in [1.54, 1.807) is 7.11 Å². The minimum Gasteiger partial charge on any atom is -0.488 e. The lowest BCUT2D eigenvalue weighted by molar-refractivity contribution is 0.0506. The number of anilines is 1. The molecule has 1 aromatic carbocycles. The molecule has 0 bridgehead atoms. The van der Waals surface area contributed by atoms with Gasteiger partial charge in [-0.05, 0) is 12.5 Å². The number of ether oxygens (including phenoxy) is 3. The second-order valence-corrected chi connectivity index (χ2v) is 4.73. The molecule has 7 heteroatoms. The van der Waals surface area contributed by atoms with Crippen molar-refractivity contribution in [1.29, 1.82) is 0 Å². The number of nitrogens with two attached hydrogens (primary N) is 1. The predicted octanol–water partition coefficient (Wildman–Crippen LogP) is 3.17. The standard InChI is InChI=1S/C13H17Cl2NO4/c1-3-4-20-13(17)10-9(16)7-8(14)12(11(10)15)19-6-5-18-2/h7H,3-6,16H2,1-2H3. The molecular formula is C13H17Cl2NO4. The zero-order chi connectivity index (χ0) is 15.1. The molecule has 0 amide bonds. The van der Waals surface area contributed by atoms with Gasteiger partial charge < -0.3 is 19.9 Å². The first kappa shape index (κ1) is 16.9. The van der Waals surface area contributed by atoms with E-state index >= 15 is 0 Å². The molecule has 0 saturated heterocycles. The summed E-state index contributed by atoms with van der Waals surface area (Å²) in [5.41, 5.74) is 5.99. The molecule has 0 unspecified atom stereocenters. The maximum Gasteiger partial charge on any atom is 0.341 e. The van der Waals surface area contributed by atoms with E-state index in [2.05, 4.69) is 0 Å². The van der Waals surface area contributed by atoms with Gasteiger partial charge >= 0.3 is 5.97 Å². The molecule has 0 aromatic heterocycles. The van der Waals surface area contributed by atoms with Crippen molar-refractivity contribution < 1.29 is 19.0 Å². The molecular weight excluding hydrogens is 305 g/mol. The van der Waals surface area contributed by atoms with Crippen LogP contribution < -0.4 is 10.5 Å². The summed E-state index contributed by atoms with van der Waals surface area (Å²) in [6.45, 7) is 2.80. The Balaban J connectivity index is 3.05. The summed E-state index contributed by atoms with van der Waals surface area (Å²) in [4.78, 5) is 11.9. The first-order chi connectivity index (χ1) is 9.52. The fraction of sp³-hybridized carbons (Fsp3) is 0.462. The fourth-order valence-corrected chi connectivity index (χ4v) is 2.11. The Bertz CT molecular complexity index is 480. The lowest BCUT2D eigenvalue weighted by atomic mass is 10.1. The number of hydrogen-bond acceptors (Lipinski definition) is 5. The number of esters is 1. The van der Waals surface area contributed by atoms with Crippen LogP contribution in [-0.2, 0) is 9.47 Å². The Morgan fingerprint density at radius 2 is 2.00 bits per heavy atom. The van der Waals surface area contributed by atoms with Crippen LogP contribution in [0.15, 0.2) is 6.07 Å². The number of carbonyl (C=O) groups excluding carboxylic acids is 1. The Hall–Kier alpha value is -1.17. The number of halogens is 2. The van der Waals surface area contributed by atoms with Gasteiger partial charge in [0.2, 0.25) is 0 Å². The summed E-state index contributed by atoms with van der Waals surface area (Å²) in [5.74, 6) is -0.398. The molecule has 2 N–H and O–H groups in total. The van der Waals surface area contributed by atoms with E-state index in [1.165, 1.54) is 6.07 Å². The van der Waals surface area contributed by atoms with Crippen molar-refractivity contribution in [3.63, 3.8) is 0 Å². The van der Waals surface area contributed by atoms with Crippen LogP contribution in [-0.4, -0.2) is 32.9 Å². The first-order valence-electron chi connectivity index (χ1n) is 6.09. The maximum atomic E-state index is 11.9. The highest BCUT2D eigenvalue weighted by atomic mass is 35.5. The van der Waals surface area contributed by atoms with Gasteiger partial charge in [-0.2, -0.15) is 0 Å². The van der Waals surface area contributed by atoms with Crippen molar-refractivity contribution in [2.45, 2.75) is 13.3 Å². The van der Waals surface area contributed by atoms with E-state index in [1.807, 2.05) is 6.92 Å². The largest absolute Gasteiger partial charge is 0.488 e. The summed E-state index contributed by atoms with van der Waals surface area (Å²) in [6.07, 6.45) is 0.702. The second kappa shape index (κ2) is 8.19. The van der Waals surface area contributed by atoms with Crippen LogP contribution in [0.3, 0.4) is 0 Å². The zero-order valence-electron chi connectivity index (χ0n) is 11.4. The highest BCUT2D eigenvalue weighted by Gasteiger charge is 2.22. The molecule has 0 atom stereocenters. The quantitative estimate of drug-likeness (QED) is 0.474. The molecule has 0 fully saturated rings. The third kappa shape index (κ3) is 4.16.